The van der Waals surface area contributed by atoms with Crippen LogP contribution in [0.3, 0.4) is 0 Å². The van der Waals surface area contributed by atoms with Crippen molar-refractivity contribution in [2.45, 2.75) is 58.1 Å². The zero-order valence-electron chi connectivity index (χ0n) is 38.7. The van der Waals surface area contributed by atoms with Crippen LogP contribution in [0.15, 0.2) is 66.7 Å². The van der Waals surface area contributed by atoms with E-state index < -0.39 is 167 Å². The van der Waals surface area contributed by atoms with E-state index in [0.29, 0.717) is 17.5 Å². The standard InChI is InChI=1S/C35H7BF25.C16H18I/c37-17-9(8-4-2-6-1-3-7(6)5-8)18(38)26(46)13(25(17)45)36(14-27(47)19(39)10(33(53,54)55)20(40)28(14)48,15-29(49)21(41)11(34(56,57)58)22(42)30(15)50)16-31(51)23(43)12(35(59,60)61)24(44)32(16)52;1-12(2)14-6-10-16(11-7-14)17-15-8-4-13(3)5-9-15/h2,4-5H,1,3H2;4-12H,1-3H3/q-1;+1. The van der Waals surface area contributed by atoms with Gasteiger partial charge in [0, 0.05) is 0 Å². The molecule has 78 heavy (non-hydrogen) atoms. The zero-order valence-corrected chi connectivity index (χ0v) is 40.9. The van der Waals surface area contributed by atoms with Crippen LogP contribution in [0.5, 0.6) is 0 Å². The highest BCUT2D eigenvalue weighted by Crippen LogP contribution is 2.42. The van der Waals surface area contributed by atoms with E-state index in [-0.39, 0.29) is 39.6 Å². The second-order valence-electron chi connectivity index (χ2n) is 17.6. The van der Waals surface area contributed by atoms with Crippen LogP contribution in [0.25, 0.3) is 11.1 Å². The third-order valence-electron chi connectivity index (χ3n) is 12.7. The summed E-state index contributed by atoms with van der Waals surface area (Å²) in [6.07, 6.45) is -27.9. The molecule has 0 N–H and O–H groups in total. The van der Waals surface area contributed by atoms with Crippen molar-refractivity contribution in [2.24, 2.45) is 0 Å². The van der Waals surface area contributed by atoms with E-state index in [2.05, 4.69) is 69.3 Å². The average Bonchev–Trinajstić information content (AvgIpc) is 3.14. The lowest BCUT2D eigenvalue weighted by Gasteiger charge is -2.45. The Morgan fingerprint density at radius 1 is 0.372 bits per heavy atom. The summed E-state index contributed by atoms with van der Waals surface area (Å²) in [4.78, 5) is 0. The maximum absolute atomic E-state index is 16.7. The lowest BCUT2D eigenvalue weighted by molar-refractivity contribution is -0.597. The fourth-order valence-corrected chi connectivity index (χ4v) is 11.1. The molecule has 0 atom stereocenters. The molecule has 1 aliphatic carbocycles. The molecule has 1 aliphatic rings. The Morgan fingerprint density at radius 3 is 0.936 bits per heavy atom. The van der Waals surface area contributed by atoms with Crippen molar-refractivity contribution in [1.29, 1.82) is 0 Å². The van der Waals surface area contributed by atoms with Gasteiger partial charge in [-0.2, -0.15) is 39.5 Å². The smallest absolute Gasteiger partial charge is 0.207 e. The van der Waals surface area contributed by atoms with Gasteiger partial charge in [0.15, 0.2) is 53.7 Å². The number of hydrogen-bond donors (Lipinski definition) is 0. The molecule has 0 saturated heterocycles. The third-order valence-corrected chi connectivity index (χ3v) is 15.4. The van der Waals surface area contributed by atoms with Gasteiger partial charge in [0.05, 0.1) is 5.56 Å². The van der Waals surface area contributed by atoms with Crippen molar-refractivity contribution >= 4 is 28.0 Å². The molecule has 0 amide bonds. The summed E-state index contributed by atoms with van der Waals surface area (Å²) in [7, 11) is 0. The molecule has 0 fully saturated rings. The average molecular weight is 1250 g/mol. The van der Waals surface area contributed by atoms with Crippen LogP contribution in [0.2, 0.25) is 0 Å². The summed E-state index contributed by atoms with van der Waals surface area (Å²) in [6.45, 7) is 6.62. The SMILES string of the molecule is Cc1ccc([I+]c2ccc(C(C)C)cc2)cc1.Fc1c(F)c([B-](c2c(F)c(F)c(C(F)(F)F)c(F)c2F)(c2c(F)c(F)c(C(F)(F)F)c(F)c2F)c2c(F)c(F)c(C(F)(F)F)c(F)c2F)c(F)c(F)c1-c1ccc2c(c1)CC2. The number of fused-ring (bicyclic) bond motifs is 1. The monoisotopic (exact) mass is 1250 g/mol. The van der Waals surface area contributed by atoms with Gasteiger partial charge in [-0.3, -0.25) is 0 Å². The molecule has 27 heteroatoms. The predicted molar refractivity (Wildman–Crippen MR) is 226 cm³/mol. The van der Waals surface area contributed by atoms with Gasteiger partial charge in [0.1, 0.15) is 69.4 Å². The number of hydrogen-bond acceptors (Lipinski definition) is 0. The zero-order chi connectivity index (χ0) is 58.4. The van der Waals surface area contributed by atoms with Gasteiger partial charge >= 0.3 is 39.7 Å². The Labute approximate surface area is 432 Å². The first kappa shape index (κ1) is 59.3. The Bertz CT molecular complexity index is 3230. The number of halogens is 26. The quantitative estimate of drug-likeness (QED) is 0.0616. The van der Waals surface area contributed by atoms with Crippen LogP contribution in [-0.4, -0.2) is 6.15 Å². The van der Waals surface area contributed by atoms with Gasteiger partial charge in [-0.05, 0) is 72.2 Å². The van der Waals surface area contributed by atoms with Crippen molar-refractivity contribution in [1.82, 2.24) is 0 Å². The van der Waals surface area contributed by atoms with Gasteiger partial charge in [0.25, 0.3) is 0 Å². The Morgan fingerprint density at radius 2 is 0.667 bits per heavy atom. The third kappa shape index (κ3) is 9.93. The fraction of sp³-hybridized carbons (Fsp3) is 0.176. The number of alkyl halides is 9. The number of aryl methyl sites for hydroxylation is 3. The van der Waals surface area contributed by atoms with Crippen molar-refractivity contribution in [2.75, 3.05) is 0 Å². The van der Waals surface area contributed by atoms with Crippen molar-refractivity contribution < 1.29 is 131 Å². The van der Waals surface area contributed by atoms with Crippen LogP contribution in [0, 0.1) is 107 Å². The minimum Gasteiger partial charge on any atom is -0.207 e. The second kappa shape index (κ2) is 21.0. The lowest BCUT2D eigenvalue weighted by Crippen LogP contribution is -3.61. The summed E-state index contributed by atoms with van der Waals surface area (Å²) in [5.41, 5.74) is -27.5. The normalized spacial score (nSPS) is 12.9. The molecule has 7 aromatic carbocycles. The van der Waals surface area contributed by atoms with Crippen molar-refractivity contribution in [3.05, 3.63) is 206 Å². The van der Waals surface area contributed by atoms with Crippen LogP contribution in [0.1, 0.15) is 58.7 Å². The molecule has 0 unspecified atom stereocenters. The highest BCUT2D eigenvalue weighted by molar-refractivity contribution is 7.20. The molecule has 7 aromatic rings. The van der Waals surface area contributed by atoms with E-state index in [4.69, 9.17) is 0 Å². The predicted octanol–water partition coefficient (Wildman–Crippen LogP) is 11.4. The van der Waals surface area contributed by atoms with Gasteiger partial charge in [0.2, 0.25) is 0 Å². The molecule has 414 valence electrons. The molecule has 0 radical (unpaired) electrons. The molecule has 0 heterocycles. The second-order valence-corrected chi connectivity index (χ2v) is 20.6. The van der Waals surface area contributed by atoms with E-state index in [1.807, 2.05) is 0 Å². The summed E-state index contributed by atoms with van der Waals surface area (Å²) >= 11 is -0.0167. The highest BCUT2D eigenvalue weighted by atomic mass is 127. The lowest BCUT2D eigenvalue weighted by atomic mass is 9.12. The molecule has 0 saturated carbocycles. The van der Waals surface area contributed by atoms with E-state index in [1.54, 1.807) is 0 Å². The Hall–Kier alpha value is -6.42. The molecule has 0 aromatic heterocycles. The van der Waals surface area contributed by atoms with Crippen molar-refractivity contribution in [3.8, 4) is 11.1 Å². The molecule has 0 bridgehead atoms. The van der Waals surface area contributed by atoms with E-state index in [9.17, 15) is 39.5 Å². The van der Waals surface area contributed by atoms with E-state index in [0.717, 1.165) is 12.1 Å². The summed E-state index contributed by atoms with van der Waals surface area (Å²) in [5, 5.41) is 0. The molecule has 0 nitrogen and oxygen atoms in total. The van der Waals surface area contributed by atoms with Crippen LogP contribution < -0.4 is 43.1 Å². The summed E-state index contributed by atoms with van der Waals surface area (Å²) in [6, 6.07) is 20.4. The Kier molecular flexibility index (Phi) is 15.9. The van der Waals surface area contributed by atoms with Crippen molar-refractivity contribution in [3.63, 3.8) is 0 Å². The maximum atomic E-state index is 16.7. The highest BCUT2D eigenvalue weighted by Gasteiger charge is 2.56. The van der Waals surface area contributed by atoms with Crippen LogP contribution in [0.4, 0.5) is 110 Å². The fourth-order valence-electron chi connectivity index (χ4n) is 8.96. The Balaban J connectivity index is 0.000000439. The summed E-state index contributed by atoms with van der Waals surface area (Å²) in [5.74, 6) is -63.3. The van der Waals surface area contributed by atoms with Crippen LogP contribution in [-0.2, 0) is 31.4 Å². The van der Waals surface area contributed by atoms with Gasteiger partial charge < -0.3 is 0 Å². The van der Waals surface area contributed by atoms with E-state index >= 15 is 70.2 Å². The molecule has 0 spiro atoms. The molecular weight excluding hydrogens is 1230 g/mol. The van der Waals surface area contributed by atoms with E-state index in [1.165, 1.54) is 18.3 Å². The molecule has 0 aliphatic heterocycles. The van der Waals surface area contributed by atoms with Gasteiger partial charge in [-0.25, -0.2) is 70.2 Å². The maximum Gasteiger partial charge on any atom is 0.422 e. The first-order valence-corrected chi connectivity index (χ1v) is 23.9. The topological polar surface area (TPSA) is 0 Å². The van der Waals surface area contributed by atoms with Gasteiger partial charge in [-0.1, -0.05) is 61.9 Å². The van der Waals surface area contributed by atoms with Crippen LogP contribution >= 0.6 is 0 Å². The summed E-state index contributed by atoms with van der Waals surface area (Å²) < 4.78 is 381. The first-order valence-electron chi connectivity index (χ1n) is 21.8. The van der Waals surface area contributed by atoms with Gasteiger partial charge in [-0.15, -0.1) is 21.9 Å². The number of benzene rings is 7. The minimum atomic E-state index is -7.85. The number of rotatable bonds is 8. The molecule has 8 rings (SSSR count). The minimum absolute atomic E-state index is 0.0167. The molecular formula is C51H25BF25I. The largest absolute Gasteiger partial charge is 0.422 e. The first-order chi connectivity index (χ1) is 36.0.